The van der Waals surface area contributed by atoms with Gasteiger partial charge in [-0.1, -0.05) is 18.5 Å². The van der Waals surface area contributed by atoms with E-state index >= 15 is 0 Å². The van der Waals surface area contributed by atoms with Crippen LogP contribution in [0.25, 0.3) is 0 Å². The molecule has 1 heterocycles. The van der Waals surface area contributed by atoms with E-state index in [1.165, 1.54) is 18.4 Å². The average Bonchev–Trinajstić information content (AvgIpc) is 2.62. The molecule has 0 radical (unpaired) electrons. The van der Waals surface area contributed by atoms with E-state index in [9.17, 15) is 4.79 Å². The SMILES string of the molecule is COC(=O)C(C)CN(C)Cc1cnc(Cl)s1. The first-order chi connectivity index (χ1) is 7.52. The van der Waals surface area contributed by atoms with Gasteiger partial charge < -0.3 is 9.64 Å². The van der Waals surface area contributed by atoms with Crippen LogP contribution < -0.4 is 0 Å². The predicted octanol–water partition coefficient (Wildman–Crippen LogP) is 2.04. The Morgan fingerprint density at radius 3 is 2.94 bits per heavy atom. The molecule has 1 aromatic heterocycles. The molecular formula is C10H15ClN2O2S. The van der Waals surface area contributed by atoms with Gasteiger partial charge in [0.2, 0.25) is 0 Å². The Morgan fingerprint density at radius 2 is 2.44 bits per heavy atom. The van der Waals surface area contributed by atoms with Gasteiger partial charge in [-0.05, 0) is 7.05 Å². The van der Waals surface area contributed by atoms with Crippen molar-refractivity contribution in [2.45, 2.75) is 13.5 Å². The largest absolute Gasteiger partial charge is 0.469 e. The first kappa shape index (κ1) is 13.4. The Labute approximate surface area is 104 Å². The van der Waals surface area contributed by atoms with E-state index in [4.69, 9.17) is 11.6 Å². The first-order valence-corrected chi connectivity index (χ1v) is 6.09. The Morgan fingerprint density at radius 1 is 1.75 bits per heavy atom. The molecule has 0 aliphatic rings. The van der Waals surface area contributed by atoms with Crippen LogP contribution in [0.4, 0.5) is 0 Å². The monoisotopic (exact) mass is 262 g/mol. The molecule has 0 saturated heterocycles. The van der Waals surface area contributed by atoms with Crippen molar-refractivity contribution in [3.05, 3.63) is 15.5 Å². The summed E-state index contributed by atoms with van der Waals surface area (Å²) in [6.07, 6.45) is 1.76. The van der Waals surface area contributed by atoms with Crippen molar-refractivity contribution < 1.29 is 9.53 Å². The van der Waals surface area contributed by atoms with E-state index in [2.05, 4.69) is 9.72 Å². The lowest BCUT2D eigenvalue weighted by Gasteiger charge is -2.18. The molecule has 1 rings (SSSR count). The predicted molar refractivity (Wildman–Crippen MR) is 64.6 cm³/mol. The third-order valence-electron chi connectivity index (χ3n) is 2.14. The minimum atomic E-state index is -0.186. The van der Waals surface area contributed by atoms with Crippen LogP contribution in [0.3, 0.4) is 0 Å². The Balaban J connectivity index is 2.41. The molecule has 0 bridgehead atoms. The van der Waals surface area contributed by atoms with E-state index < -0.39 is 0 Å². The third kappa shape index (κ3) is 4.08. The number of esters is 1. The quantitative estimate of drug-likeness (QED) is 0.762. The van der Waals surface area contributed by atoms with E-state index in [1.54, 1.807) is 6.20 Å². The fourth-order valence-corrected chi connectivity index (χ4v) is 2.49. The summed E-state index contributed by atoms with van der Waals surface area (Å²) in [6, 6.07) is 0. The van der Waals surface area contributed by atoms with Crippen molar-refractivity contribution in [1.29, 1.82) is 0 Å². The van der Waals surface area contributed by atoms with Gasteiger partial charge in [0.15, 0.2) is 4.47 Å². The van der Waals surface area contributed by atoms with Gasteiger partial charge in [0.1, 0.15) is 0 Å². The molecule has 16 heavy (non-hydrogen) atoms. The maximum absolute atomic E-state index is 11.2. The molecule has 1 unspecified atom stereocenters. The van der Waals surface area contributed by atoms with Gasteiger partial charge in [-0.15, -0.1) is 11.3 Å². The molecule has 1 atom stereocenters. The smallest absolute Gasteiger partial charge is 0.309 e. The van der Waals surface area contributed by atoms with Gasteiger partial charge in [-0.25, -0.2) is 4.98 Å². The molecule has 0 aromatic carbocycles. The highest BCUT2D eigenvalue weighted by Crippen LogP contribution is 2.19. The van der Waals surface area contributed by atoms with Crippen LogP contribution in [0.15, 0.2) is 6.20 Å². The molecule has 0 spiro atoms. The van der Waals surface area contributed by atoms with Crippen molar-refractivity contribution >= 4 is 28.9 Å². The van der Waals surface area contributed by atoms with Crippen LogP contribution in [0.1, 0.15) is 11.8 Å². The number of ether oxygens (including phenoxy) is 1. The lowest BCUT2D eigenvalue weighted by molar-refractivity contribution is -0.145. The number of thiazole rings is 1. The summed E-state index contributed by atoms with van der Waals surface area (Å²) in [5.41, 5.74) is 0. The summed E-state index contributed by atoms with van der Waals surface area (Å²) in [5, 5.41) is 0. The molecule has 0 aliphatic carbocycles. The van der Waals surface area contributed by atoms with Gasteiger partial charge in [0, 0.05) is 24.2 Å². The maximum Gasteiger partial charge on any atom is 0.309 e. The fourth-order valence-electron chi connectivity index (χ4n) is 1.43. The average molecular weight is 263 g/mol. The summed E-state index contributed by atoms with van der Waals surface area (Å²) < 4.78 is 5.22. The second-order valence-corrected chi connectivity index (χ2v) is 5.40. The molecule has 0 fully saturated rings. The molecule has 1 aromatic rings. The Hall–Kier alpha value is -0.650. The van der Waals surface area contributed by atoms with E-state index in [-0.39, 0.29) is 11.9 Å². The Kier molecular flexibility index (Phi) is 5.18. The van der Waals surface area contributed by atoms with Crippen LogP contribution in [0, 0.1) is 5.92 Å². The van der Waals surface area contributed by atoms with E-state index in [1.807, 2.05) is 18.9 Å². The maximum atomic E-state index is 11.2. The number of aromatic nitrogens is 1. The highest BCUT2D eigenvalue weighted by atomic mass is 35.5. The summed E-state index contributed by atoms with van der Waals surface area (Å²) in [4.78, 5) is 18.3. The van der Waals surface area contributed by atoms with Crippen LogP contribution >= 0.6 is 22.9 Å². The topological polar surface area (TPSA) is 42.4 Å². The Bertz CT molecular complexity index is 356. The summed E-state index contributed by atoms with van der Waals surface area (Å²) in [7, 11) is 3.36. The second-order valence-electron chi connectivity index (χ2n) is 3.70. The van der Waals surface area contributed by atoms with Gasteiger partial charge >= 0.3 is 5.97 Å². The normalized spacial score (nSPS) is 12.8. The van der Waals surface area contributed by atoms with Crippen molar-refractivity contribution in [3.8, 4) is 0 Å². The molecular weight excluding hydrogens is 248 g/mol. The minimum absolute atomic E-state index is 0.126. The number of carbonyl (C=O) groups is 1. The highest BCUT2D eigenvalue weighted by Gasteiger charge is 2.15. The highest BCUT2D eigenvalue weighted by molar-refractivity contribution is 7.15. The molecule has 4 nitrogen and oxygen atoms in total. The van der Waals surface area contributed by atoms with Gasteiger partial charge in [-0.2, -0.15) is 0 Å². The van der Waals surface area contributed by atoms with Crippen molar-refractivity contribution in [2.24, 2.45) is 5.92 Å². The molecule has 0 amide bonds. The standard InChI is InChI=1S/C10H15ClN2O2S/c1-7(9(14)15-3)5-13(2)6-8-4-12-10(11)16-8/h4,7H,5-6H2,1-3H3. The minimum Gasteiger partial charge on any atom is -0.469 e. The number of carbonyl (C=O) groups excluding carboxylic acids is 1. The van der Waals surface area contributed by atoms with Gasteiger partial charge in [0.25, 0.3) is 0 Å². The van der Waals surface area contributed by atoms with Crippen LogP contribution in [-0.4, -0.2) is 36.6 Å². The summed E-state index contributed by atoms with van der Waals surface area (Å²) in [6.45, 7) is 3.25. The molecule has 0 N–H and O–H groups in total. The molecule has 0 aliphatic heterocycles. The van der Waals surface area contributed by atoms with Gasteiger partial charge in [0.05, 0.1) is 13.0 Å². The number of halogens is 1. The molecule has 90 valence electrons. The first-order valence-electron chi connectivity index (χ1n) is 4.89. The van der Waals surface area contributed by atoms with Crippen LogP contribution in [0.2, 0.25) is 4.47 Å². The number of methoxy groups -OCH3 is 1. The summed E-state index contributed by atoms with van der Waals surface area (Å²) >= 11 is 7.19. The number of hydrogen-bond donors (Lipinski definition) is 0. The lowest BCUT2D eigenvalue weighted by atomic mass is 10.2. The third-order valence-corrected chi connectivity index (χ3v) is 3.24. The van der Waals surface area contributed by atoms with Crippen molar-refractivity contribution in [3.63, 3.8) is 0 Å². The number of nitrogens with zero attached hydrogens (tertiary/aromatic N) is 2. The van der Waals surface area contributed by atoms with Crippen LogP contribution in [-0.2, 0) is 16.1 Å². The molecule has 0 saturated carbocycles. The van der Waals surface area contributed by atoms with Crippen LogP contribution in [0.5, 0.6) is 0 Å². The van der Waals surface area contributed by atoms with E-state index in [0.29, 0.717) is 11.0 Å². The van der Waals surface area contributed by atoms with Crippen molar-refractivity contribution in [1.82, 2.24) is 9.88 Å². The number of hydrogen-bond acceptors (Lipinski definition) is 5. The summed E-state index contributed by atoms with van der Waals surface area (Å²) in [5.74, 6) is -0.312. The van der Waals surface area contributed by atoms with E-state index in [0.717, 1.165) is 11.4 Å². The van der Waals surface area contributed by atoms with Gasteiger partial charge in [-0.3, -0.25) is 4.79 Å². The number of rotatable bonds is 5. The second kappa shape index (κ2) is 6.18. The fraction of sp³-hybridized carbons (Fsp3) is 0.600. The zero-order chi connectivity index (χ0) is 12.1. The lowest BCUT2D eigenvalue weighted by Crippen LogP contribution is -2.28. The zero-order valence-corrected chi connectivity index (χ0v) is 11.1. The van der Waals surface area contributed by atoms with Crippen molar-refractivity contribution in [2.75, 3.05) is 20.7 Å². The molecule has 6 heteroatoms. The zero-order valence-electron chi connectivity index (χ0n) is 9.57.